The molecule has 0 aliphatic carbocycles. The topological polar surface area (TPSA) is 74.8 Å². The lowest BCUT2D eigenvalue weighted by molar-refractivity contribution is -0.140. The number of hydrogen-bond acceptors (Lipinski definition) is 6. The molecule has 1 aromatic carbocycles. The first-order chi connectivity index (χ1) is 14.6. The molecular formula is C22H28N4O3S. The normalized spacial score (nSPS) is 19.8. The Balaban J connectivity index is 1.30. The molecule has 2 saturated heterocycles. The molecule has 0 spiro atoms. The van der Waals surface area contributed by atoms with Gasteiger partial charge in [0.15, 0.2) is 0 Å². The van der Waals surface area contributed by atoms with Gasteiger partial charge in [0.25, 0.3) is 0 Å². The van der Waals surface area contributed by atoms with Gasteiger partial charge in [0, 0.05) is 26.2 Å². The third-order valence-corrected chi connectivity index (χ3v) is 6.74. The Morgan fingerprint density at radius 1 is 1.20 bits per heavy atom. The first kappa shape index (κ1) is 21.0. The number of aromatic nitrogens is 1. The van der Waals surface area contributed by atoms with Crippen LogP contribution in [0.25, 0.3) is 10.4 Å². The van der Waals surface area contributed by atoms with Crippen LogP contribution < -0.4 is 5.32 Å². The van der Waals surface area contributed by atoms with Gasteiger partial charge in [-0.2, -0.15) is 0 Å². The first-order valence-electron chi connectivity index (χ1n) is 10.5. The van der Waals surface area contributed by atoms with Crippen molar-refractivity contribution in [1.82, 2.24) is 20.1 Å². The number of ether oxygens (including phenoxy) is 1. The third kappa shape index (κ3) is 4.88. The largest absolute Gasteiger partial charge is 0.379 e. The van der Waals surface area contributed by atoms with Crippen LogP contribution in [0.1, 0.15) is 24.1 Å². The lowest BCUT2D eigenvalue weighted by Crippen LogP contribution is -2.50. The predicted octanol–water partition coefficient (Wildman–Crippen LogP) is 2.06. The summed E-state index contributed by atoms with van der Waals surface area (Å²) in [6.07, 6.45) is 1.60. The van der Waals surface area contributed by atoms with Crippen molar-refractivity contribution < 1.29 is 14.3 Å². The summed E-state index contributed by atoms with van der Waals surface area (Å²) in [5.74, 6) is -0.0240. The van der Waals surface area contributed by atoms with Crippen LogP contribution in [-0.4, -0.2) is 72.0 Å². The maximum absolute atomic E-state index is 12.8. The van der Waals surface area contributed by atoms with Crippen LogP contribution in [-0.2, 0) is 20.9 Å². The number of carbonyl (C=O) groups excluding carboxylic acids is 2. The van der Waals surface area contributed by atoms with E-state index in [1.54, 1.807) is 16.2 Å². The molecule has 2 aliphatic heterocycles. The maximum atomic E-state index is 12.8. The number of amides is 2. The molecule has 160 valence electrons. The fourth-order valence-corrected chi connectivity index (χ4v) is 4.85. The zero-order valence-electron chi connectivity index (χ0n) is 17.3. The highest BCUT2D eigenvalue weighted by molar-refractivity contribution is 7.13. The number of morpholine rings is 1. The summed E-state index contributed by atoms with van der Waals surface area (Å²) in [4.78, 5) is 34.8. The molecule has 1 N–H and O–H groups in total. The van der Waals surface area contributed by atoms with Gasteiger partial charge in [-0.3, -0.25) is 14.5 Å². The number of nitrogens with one attached hydrogen (secondary N) is 1. The summed E-state index contributed by atoms with van der Waals surface area (Å²) in [7, 11) is 0. The number of benzene rings is 1. The number of hydrogen-bond donors (Lipinski definition) is 1. The van der Waals surface area contributed by atoms with E-state index in [2.05, 4.69) is 27.3 Å². The van der Waals surface area contributed by atoms with Crippen LogP contribution in [0.2, 0.25) is 0 Å². The third-order valence-electron chi connectivity index (χ3n) is 5.77. The predicted molar refractivity (Wildman–Crippen MR) is 116 cm³/mol. The molecule has 2 fully saturated rings. The van der Waals surface area contributed by atoms with Gasteiger partial charge in [0.2, 0.25) is 11.8 Å². The number of thiazole rings is 1. The Kier molecular flexibility index (Phi) is 6.76. The van der Waals surface area contributed by atoms with Gasteiger partial charge in [-0.15, -0.1) is 11.3 Å². The van der Waals surface area contributed by atoms with Crippen molar-refractivity contribution >= 4 is 23.2 Å². The van der Waals surface area contributed by atoms with E-state index in [1.807, 2.05) is 24.6 Å². The fraction of sp³-hybridized carbons (Fsp3) is 0.500. The summed E-state index contributed by atoms with van der Waals surface area (Å²) >= 11 is 1.63. The second kappa shape index (κ2) is 9.68. The summed E-state index contributed by atoms with van der Waals surface area (Å²) in [5.41, 5.74) is 5.07. The lowest BCUT2D eigenvalue weighted by Gasteiger charge is -2.30. The Morgan fingerprint density at radius 3 is 2.67 bits per heavy atom. The summed E-state index contributed by atoms with van der Waals surface area (Å²) < 4.78 is 5.34. The molecule has 30 heavy (non-hydrogen) atoms. The first-order valence-corrected chi connectivity index (χ1v) is 11.4. The van der Waals surface area contributed by atoms with Crippen molar-refractivity contribution in [3.63, 3.8) is 0 Å². The molecule has 1 unspecified atom stereocenters. The van der Waals surface area contributed by atoms with Gasteiger partial charge >= 0.3 is 0 Å². The van der Waals surface area contributed by atoms with E-state index >= 15 is 0 Å². The second-order valence-electron chi connectivity index (χ2n) is 7.82. The maximum Gasteiger partial charge on any atom is 0.243 e. The van der Waals surface area contributed by atoms with E-state index in [-0.39, 0.29) is 17.9 Å². The summed E-state index contributed by atoms with van der Waals surface area (Å²) in [5, 5.41) is 3.02. The van der Waals surface area contributed by atoms with E-state index in [1.165, 1.54) is 4.88 Å². The number of aryl methyl sites for hydroxylation is 1. The molecule has 4 rings (SSSR count). The van der Waals surface area contributed by atoms with Crippen LogP contribution in [0.15, 0.2) is 29.8 Å². The molecule has 0 bridgehead atoms. The van der Waals surface area contributed by atoms with E-state index in [0.717, 1.165) is 42.8 Å². The van der Waals surface area contributed by atoms with Gasteiger partial charge < -0.3 is 15.0 Å². The molecule has 7 nitrogen and oxygen atoms in total. The Labute approximate surface area is 181 Å². The minimum Gasteiger partial charge on any atom is -0.379 e. The smallest absolute Gasteiger partial charge is 0.243 e. The molecule has 1 aromatic heterocycles. The van der Waals surface area contributed by atoms with E-state index in [0.29, 0.717) is 32.8 Å². The zero-order valence-corrected chi connectivity index (χ0v) is 18.1. The molecule has 8 heteroatoms. The van der Waals surface area contributed by atoms with Crippen LogP contribution in [0, 0.1) is 6.92 Å². The van der Waals surface area contributed by atoms with Crippen molar-refractivity contribution in [2.75, 3.05) is 39.4 Å². The van der Waals surface area contributed by atoms with E-state index in [4.69, 9.17) is 4.74 Å². The molecule has 3 heterocycles. The average Bonchev–Trinajstić information content (AvgIpc) is 3.42. The number of rotatable bonds is 6. The SMILES string of the molecule is Cc1ncsc1-c1ccc(CNC(=O)C2CCCN2C(=O)CN2CCOCC2)cc1. The van der Waals surface area contributed by atoms with Crippen molar-refractivity contribution in [3.05, 3.63) is 41.0 Å². The second-order valence-corrected chi connectivity index (χ2v) is 8.67. The monoisotopic (exact) mass is 428 g/mol. The summed E-state index contributed by atoms with van der Waals surface area (Å²) in [6.45, 7) is 6.37. The highest BCUT2D eigenvalue weighted by Crippen LogP contribution is 2.27. The Hall–Kier alpha value is -2.29. The average molecular weight is 429 g/mol. The Bertz CT molecular complexity index is 877. The minimum atomic E-state index is -0.363. The molecule has 2 aromatic rings. The van der Waals surface area contributed by atoms with Crippen molar-refractivity contribution in [2.45, 2.75) is 32.4 Å². The lowest BCUT2D eigenvalue weighted by atomic mass is 10.1. The van der Waals surface area contributed by atoms with Crippen LogP contribution in [0.4, 0.5) is 0 Å². The molecular weight excluding hydrogens is 400 g/mol. The molecule has 0 saturated carbocycles. The quantitative estimate of drug-likeness (QED) is 0.762. The van der Waals surface area contributed by atoms with E-state index < -0.39 is 0 Å². The minimum absolute atomic E-state index is 0.0406. The molecule has 0 radical (unpaired) electrons. The molecule has 2 aliphatic rings. The standard InChI is InChI=1S/C22H28N4O3S/c1-16-21(30-15-24-16)18-6-4-17(5-7-18)13-23-22(28)19-3-2-8-26(19)20(27)14-25-9-11-29-12-10-25/h4-7,15,19H,2-3,8-14H2,1H3,(H,23,28). The highest BCUT2D eigenvalue weighted by atomic mass is 32.1. The van der Waals surface area contributed by atoms with Gasteiger partial charge in [0.05, 0.1) is 35.8 Å². The van der Waals surface area contributed by atoms with Gasteiger partial charge in [-0.05, 0) is 30.9 Å². The van der Waals surface area contributed by atoms with Gasteiger partial charge in [-0.1, -0.05) is 24.3 Å². The van der Waals surface area contributed by atoms with Crippen LogP contribution in [0.3, 0.4) is 0 Å². The fourth-order valence-electron chi connectivity index (χ4n) is 4.04. The number of likely N-dealkylation sites (tertiary alicyclic amines) is 1. The molecule has 1 atom stereocenters. The van der Waals surface area contributed by atoms with Crippen LogP contribution in [0.5, 0.6) is 0 Å². The summed E-state index contributed by atoms with van der Waals surface area (Å²) in [6, 6.07) is 7.83. The van der Waals surface area contributed by atoms with Crippen LogP contribution >= 0.6 is 11.3 Å². The number of carbonyl (C=O) groups is 2. The highest BCUT2D eigenvalue weighted by Gasteiger charge is 2.34. The van der Waals surface area contributed by atoms with E-state index in [9.17, 15) is 9.59 Å². The molecule has 2 amide bonds. The van der Waals surface area contributed by atoms with Crippen molar-refractivity contribution in [2.24, 2.45) is 0 Å². The van der Waals surface area contributed by atoms with Crippen molar-refractivity contribution in [3.8, 4) is 10.4 Å². The number of nitrogens with zero attached hydrogens (tertiary/aromatic N) is 3. The van der Waals surface area contributed by atoms with Gasteiger partial charge in [-0.25, -0.2) is 4.98 Å². The Morgan fingerprint density at radius 2 is 1.97 bits per heavy atom. The zero-order chi connectivity index (χ0) is 20.9. The van der Waals surface area contributed by atoms with Crippen molar-refractivity contribution in [1.29, 1.82) is 0 Å². The van der Waals surface area contributed by atoms with Gasteiger partial charge in [0.1, 0.15) is 6.04 Å².